The Morgan fingerprint density at radius 1 is 1.32 bits per heavy atom. The number of hydrogen-bond donors (Lipinski definition) is 2. The molecule has 6 heteroatoms. The molecule has 0 spiro atoms. The molecule has 0 atom stereocenters. The molecule has 19 heavy (non-hydrogen) atoms. The van der Waals surface area contributed by atoms with Crippen LogP contribution in [0.1, 0.15) is 18.4 Å². The van der Waals surface area contributed by atoms with Gasteiger partial charge in [0.1, 0.15) is 0 Å². The van der Waals surface area contributed by atoms with E-state index in [2.05, 4.69) is 5.32 Å². The van der Waals surface area contributed by atoms with E-state index in [9.17, 15) is 8.42 Å². The molecule has 1 aromatic carbocycles. The van der Waals surface area contributed by atoms with E-state index in [1.165, 1.54) is 6.26 Å². The number of nitrogens with one attached hydrogen (secondary N) is 1. The molecule has 0 unspecified atom stereocenters. The number of nitrogens with zero attached hydrogens (tertiary/aromatic N) is 1. The van der Waals surface area contributed by atoms with Gasteiger partial charge in [-0.15, -0.1) is 0 Å². The summed E-state index contributed by atoms with van der Waals surface area (Å²) >= 11 is 0. The second-order valence-corrected chi connectivity index (χ2v) is 7.00. The molecular formula is C13H21N3O2S. The standard InChI is InChI=1S/C13H21N3O2S/c1-19(17,18)16-8-6-12(7-9-16)15-10-11-4-2-3-5-13(11)14/h2-5,12,15H,6-10,14H2,1H3. The highest BCUT2D eigenvalue weighted by Gasteiger charge is 2.24. The van der Waals surface area contributed by atoms with E-state index < -0.39 is 10.0 Å². The Bertz CT molecular complexity index is 522. The summed E-state index contributed by atoms with van der Waals surface area (Å²) in [5, 5.41) is 3.45. The van der Waals surface area contributed by atoms with Gasteiger partial charge in [0.2, 0.25) is 10.0 Å². The summed E-state index contributed by atoms with van der Waals surface area (Å²) < 4.78 is 24.4. The van der Waals surface area contributed by atoms with Crippen LogP contribution in [0.5, 0.6) is 0 Å². The first kappa shape index (κ1) is 14.3. The van der Waals surface area contributed by atoms with E-state index in [1.807, 2.05) is 24.3 Å². The molecule has 1 heterocycles. The molecule has 0 radical (unpaired) electrons. The molecule has 0 aromatic heterocycles. The van der Waals surface area contributed by atoms with Crippen molar-refractivity contribution in [2.24, 2.45) is 0 Å². The summed E-state index contributed by atoms with van der Waals surface area (Å²) in [6.07, 6.45) is 2.96. The average molecular weight is 283 g/mol. The van der Waals surface area contributed by atoms with Crippen LogP contribution in [0.25, 0.3) is 0 Å². The lowest BCUT2D eigenvalue weighted by molar-refractivity contribution is 0.290. The molecule has 1 aromatic rings. The number of rotatable bonds is 4. The summed E-state index contributed by atoms with van der Waals surface area (Å²) in [5.74, 6) is 0. The molecule has 1 saturated heterocycles. The van der Waals surface area contributed by atoms with Crippen LogP contribution in [0.3, 0.4) is 0 Å². The van der Waals surface area contributed by atoms with Gasteiger partial charge in [0.25, 0.3) is 0 Å². The zero-order chi connectivity index (χ0) is 13.9. The Morgan fingerprint density at radius 3 is 2.53 bits per heavy atom. The number of piperidine rings is 1. The van der Waals surface area contributed by atoms with Crippen LogP contribution in [0.15, 0.2) is 24.3 Å². The molecule has 0 bridgehead atoms. The Morgan fingerprint density at radius 2 is 1.95 bits per heavy atom. The predicted octanol–water partition coefficient (Wildman–Crippen LogP) is 0.782. The fourth-order valence-electron chi connectivity index (χ4n) is 2.34. The third kappa shape index (κ3) is 3.92. The van der Waals surface area contributed by atoms with E-state index in [0.29, 0.717) is 19.1 Å². The van der Waals surface area contributed by atoms with Gasteiger partial charge >= 0.3 is 0 Å². The van der Waals surface area contributed by atoms with Crippen LogP contribution in [0, 0.1) is 0 Å². The smallest absolute Gasteiger partial charge is 0.211 e. The number of benzene rings is 1. The van der Waals surface area contributed by atoms with E-state index in [4.69, 9.17) is 5.73 Å². The Labute approximate surface area is 114 Å². The van der Waals surface area contributed by atoms with Gasteiger partial charge in [-0.25, -0.2) is 12.7 Å². The second-order valence-electron chi connectivity index (χ2n) is 5.02. The van der Waals surface area contributed by atoms with Crippen molar-refractivity contribution in [2.75, 3.05) is 25.1 Å². The van der Waals surface area contributed by atoms with Gasteiger partial charge in [0.15, 0.2) is 0 Å². The first-order chi connectivity index (χ1) is 8.97. The lowest BCUT2D eigenvalue weighted by Gasteiger charge is -2.30. The molecular weight excluding hydrogens is 262 g/mol. The van der Waals surface area contributed by atoms with Crippen molar-refractivity contribution in [3.8, 4) is 0 Å². The quantitative estimate of drug-likeness (QED) is 0.801. The van der Waals surface area contributed by atoms with Gasteiger partial charge in [0, 0.05) is 31.4 Å². The molecule has 0 amide bonds. The van der Waals surface area contributed by atoms with Crippen molar-refractivity contribution >= 4 is 15.7 Å². The third-order valence-electron chi connectivity index (χ3n) is 3.56. The first-order valence-corrected chi connectivity index (χ1v) is 8.33. The molecule has 2 rings (SSSR count). The minimum atomic E-state index is -3.04. The second kappa shape index (κ2) is 5.90. The highest BCUT2D eigenvalue weighted by atomic mass is 32.2. The minimum Gasteiger partial charge on any atom is -0.398 e. The zero-order valence-electron chi connectivity index (χ0n) is 11.2. The van der Waals surface area contributed by atoms with Crippen molar-refractivity contribution in [1.82, 2.24) is 9.62 Å². The molecule has 0 saturated carbocycles. The van der Waals surface area contributed by atoms with Gasteiger partial charge in [-0.1, -0.05) is 18.2 Å². The largest absolute Gasteiger partial charge is 0.398 e. The van der Waals surface area contributed by atoms with Crippen LogP contribution < -0.4 is 11.1 Å². The summed E-state index contributed by atoms with van der Waals surface area (Å²) in [7, 11) is -3.04. The fraction of sp³-hybridized carbons (Fsp3) is 0.538. The Balaban J connectivity index is 1.82. The molecule has 3 N–H and O–H groups in total. The summed E-state index contributed by atoms with van der Waals surface area (Å²) in [5.41, 5.74) is 7.77. The number of hydrogen-bond acceptors (Lipinski definition) is 4. The molecule has 1 fully saturated rings. The molecule has 0 aliphatic carbocycles. The van der Waals surface area contributed by atoms with Crippen molar-refractivity contribution in [3.63, 3.8) is 0 Å². The molecule has 1 aliphatic heterocycles. The Kier molecular flexibility index (Phi) is 4.44. The topological polar surface area (TPSA) is 75.4 Å². The van der Waals surface area contributed by atoms with Crippen LogP contribution in [-0.2, 0) is 16.6 Å². The van der Waals surface area contributed by atoms with Gasteiger partial charge in [-0.05, 0) is 24.5 Å². The van der Waals surface area contributed by atoms with Crippen LogP contribution >= 0.6 is 0 Å². The van der Waals surface area contributed by atoms with Gasteiger partial charge in [-0.2, -0.15) is 0 Å². The van der Waals surface area contributed by atoms with E-state index in [1.54, 1.807) is 4.31 Å². The average Bonchev–Trinajstić information content (AvgIpc) is 2.37. The van der Waals surface area contributed by atoms with Crippen molar-refractivity contribution in [2.45, 2.75) is 25.4 Å². The Hall–Kier alpha value is -1.11. The van der Waals surface area contributed by atoms with Crippen LogP contribution in [0.2, 0.25) is 0 Å². The lowest BCUT2D eigenvalue weighted by atomic mass is 10.1. The van der Waals surface area contributed by atoms with Crippen LogP contribution in [0.4, 0.5) is 5.69 Å². The number of anilines is 1. The fourth-order valence-corrected chi connectivity index (χ4v) is 3.22. The lowest BCUT2D eigenvalue weighted by Crippen LogP contribution is -2.44. The predicted molar refractivity (Wildman–Crippen MR) is 77.1 cm³/mol. The maximum Gasteiger partial charge on any atom is 0.211 e. The maximum atomic E-state index is 11.4. The number of sulfonamides is 1. The number of nitrogens with two attached hydrogens (primary N) is 1. The summed E-state index contributed by atoms with van der Waals surface area (Å²) in [6, 6.07) is 8.15. The van der Waals surface area contributed by atoms with Crippen molar-refractivity contribution < 1.29 is 8.42 Å². The normalized spacial score (nSPS) is 18.6. The van der Waals surface area contributed by atoms with Crippen molar-refractivity contribution in [3.05, 3.63) is 29.8 Å². The monoisotopic (exact) mass is 283 g/mol. The van der Waals surface area contributed by atoms with Gasteiger partial charge in [-0.3, -0.25) is 0 Å². The highest BCUT2D eigenvalue weighted by molar-refractivity contribution is 7.88. The SMILES string of the molecule is CS(=O)(=O)N1CCC(NCc2ccccc2N)CC1. The van der Waals surface area contributed by atoms with Gasteiger partial charge < -0.3 is 11.1 Å². The number of para-hydroxylation sites is 1. The number of nitrogen functional groups attached to an aromatic ring is 1. The van der Waals surface area contributed by atoms with E-state index in [-0.39, 0.29) is 0 Å². The molecule has 1 aliphatic rings. The third-order valence-corrected chi connectivity index (χ3v) is 4.86. The van der Waals surface area contributed by atoms with Crippen LogP contribution in [-0.4, -0.2) is 38.1 Å². The zero-order valence-corrected chi connectivity index (χ0v) is 12.0. The molecule has 106 valence electrons. The van der Waals surface area contributed by atoms with Gasteiger partial charge in [0.05, 0.1) is 6.26 Å². The van der Waals surface area contributed by atoms with Crippen molar-refractivity contribution in [1.29, 1.82) is 0 Å². The summed E-state index contributed by atoms with van der Waals surface area (Å²) in [4.78, 5) is 0. The highest BCUT2D eigenvalue weighted by Crippen LogP contribution is 2.15. The van der Waals surface area contributed by atoms with E-state index in [0.717, 1.165) is 30.6 Å². The first-order valence-electron chi connectivity index (χ1n) is 6.48. The minimum absolute atomic E-state index is 0.359. The van der Waals surface area contributed by atoms with E-state index >= 15 is 0 Å². The summed E-state index contributed by atoms with van der Waals surface area (Å²) in [6.45, 7) is 1.93. The maximum absolute atomic E-state index is 11.4. The molecule has 5 nitrogen and oxygen atoms in total.